The van der Waals surface area contributed by atoms with Crippen LogP contribution < -0.4 is 5.32 Å². The van der Waals surface area contributed by atoms with E-state index in [9.17, 15) is 0 Å². The molecule has 5 nitrogen and oxygen atoms in total. The summed E-state index contributed by atoms with van der Waals surface area (Å²) in [5, 5.41) is 5.77. The minimum Gasteiger partial charge on any atom is -0.357 e. The van der Waals surface area contributed by atoms with E-state index in [0.717, 1.165) is 45.2 Å². The van der Waals surface area contributed by atoms with Crippen LogP contribution in [0.5, 0.6) is 0 Å². The summed E-state index contributed by atoms with van der Waals surface area (Å²) < 4.78 is 0. The Morgan fingerprint density at radius 1 is 1.25 bits per heavy atom. The van der Waals surface area contributed by atoms with Crippen molar-refractivity contribution in [2.45, 2.75) is 52.1 Å². The van der Waals surface area contributed by atoms with Gasteiger partial charge in [0.2, 0.25) is 0 Å². The quantitative estimate of drug-likeness (QED) is 0.556. The lowest BCUT2D eigenvalue weighted by molar-refractivity contribution is 0.128. The molecule has 2 aliphatic rings. The second-order valence-electron chi connectivity index (χ2n) is 8.15. The highest BCUT2D eigenvalue weighted by atomic mass is 32.1. The van der Waals surface area contributed by atoms with Crippen molar-refractivity contribution < 1.29 is 0 Å². The van der Waals surface area contributed by atoms with E-state index < -0.39 is 0 Å². The molecule has 0 bridgehead atoms. The maximum absolute atomic E-state index is 5.15. The maximum Gasteiger partial charge on any atom is 0.193 e. The third-order valence-electron chi connectivity index (χ3n) is 6.44. The SMILES string of the molecule is CCNC(=NCC1CCCN(C)C1c1cccs1)N1CCC(N(CC)CC)C1. The molecule has 0 aliphatic carbocycles. The molecular formula is C22H39N5S. The highest BCUT2D eigenvalue weighted by Gasteiger charge is 2.32. The molecule has 0 spiro atoms. The number of likely N-dealkylation sites (N-methyl/N-ethyl adjacent to an activating group) is 1. The van der Waals surface area contributed by atoms with Crippen LogP contribution in [-0.2, 0) is 0 Å². The normalized spacial score (nSPS) is 27.0. The van der Waals surface area contributed by atoms with Gasteiger partial charge in [0.15, 0.2) is 5.96 Å². The van der Waals surface area contributed by atoms with Crippen molar-refractivity contribution in [2.75, 3.05) is 52.9 Å². The highest BCUT2D eigenvalue weighted by molar-refractivity contribution is 7.10. The van der Waals surface area contributed by atoms with Gasteiger partial charge in [0.05, 0.1) is 0 Å². The van der Waals surface area contributed by atoms with Gasteiger partial charge >= 0.3 is 0 Å². The van der Waals surface area contributed by atoms with Crippen LogP contribution in [0, 0.1) is 5.92 Å². The topological polar surface area (TPSA) is 34.1 Å². The summed E-state index contributed by atoms with van der Waals surface area (Å²) in [6.45, 7) is 14.3. The Hall–Kier alpha value is -1.11. The van der Waals surface area contributed by atoms with Crippen LogP contribution in [0.4, 0.5) is 0 Å². The predicted octanol–water partition coefficient (Wildman–Crippen LogP) is 3.51. The van der Waals surface area contributed by atoms with Crippen molar-refractivity contribution in [1.82, 2.24) is 20.0 Å². The molecule has 28 heavy (non-hydrogen) atoms. The standard InChI is InChI=1S/C22H39N5S/c1-5-23-22(27-14-12-19(17-27)26(6-2)7-3)24-16-18-10-8-13-25(4)21(18)20-11-9-15-28-20/h9,11,15,18-19,21H,5-8,10,12-14,16-17H2,1-4H3,(H,23,24). The summed E-state index contributed by atoms with van der Waals surface area (Å²) in [7, 11) is 2.28. The van der Waals surface area contributed by atoms with E-state index >= 15 is 0 Å². The summed E-state index contributed by atoms with van der Waals surface area (Å²) in [6.07, 6.45) is 3.80. The van der Waals surface area contributed by atoms with E-state index in [1.165, 1.54) is 30.7 Å². The van der Waals surface area contributed by atoms with Crippen molar-refractivity contribution in [3.05, 3.63) is 22.4 Å². The molecule has 3 rings (SSSR count). The Bertz CT molecular complexity index is 598. The van der Waals surface area contributed by atoms with Gasteiger partial charge in [0, 0.05) is 43.1 Å². The fourth-order valence-corrected chi connectivity index (χ4v) is 5.94. The Labute approximate surface area is 175 Å². The van der Waals surface area contributed by atoms with E-state index in [1.54, 1.807) is 0 Å². The lowest BCUT2D eigenvalue weighted by Gasteiger charge is -2.38. The number of likely N-dealkylation sites (tertiary alicyclic amines) is 2. The molecule has 158 valence electrons. The van der Waals surface area contributed by atoms with Crippen LogP contribution in [0.25, 0.3) is 0 Å². The predicted molar refractivity (Wildman–Crippen MR) is 121 cm³/mol. The first-order valence-corrected chi connectivity index (χ1v) is 12.1. The molecule has 3 atom stereocenters. The average molecular weight is 406 g/mol. The summed E-state index contributed by atoms with van der Waals surface area (Å²) >= 11 is 1.89. The van der Waals surface area contributed by atoms with Gasteiger partial charge < -0.3 is 10.2 Å². The van der Waals surface area contributed by atoms with Crippen LogP contribution in [0.15, 0.2) is 22.5 Å². The van der Waals surface area contributed by atoms with Gasteiger partial charge in [0.25, 0.3) is 0 Å². The largest absolute Gasteiger partial charge is 0.357 e. The van der Waals surface area contributed by atoms with Crippen LogP contribution in [-0.4, -0.2) is 79.6 Å². The van der Waals surface area contributed by atoms with Gasteiger partial charge in [-0.15, -0.1) is 11.3 Å². The average Bonchev–Trinajstić information content (AvgIpc) is 3.38. The van der Waals surface area contributed by atoms with Gasteiger partial charge in [-0.2, -0.15) is 0 Å². The molecule has 0 radical (unpaired) electrons. The van der Waals surface area contributed by atoms with Gasteiger partial charge in [-0.1, -0.05) is 19.9 Å². The minimum atomic E-state index is 0.516. The van der Waals surface area contributed by atoms with Crippen LogP contribution in [0.1, 0.15) is 51.0 Å². The van der Waals surface area contributed by atoms with E-state index in [-0.39, 0.29) is 0 Å². The zero-order chi connectivity index (χ0) is 19.9. The zero-order valence-corrected chi connectivity index (χ0v) is 19.0. The minimum absolute atomic E-state index is 0.516. The van der Waals surface area contributed by atoms with Gasteiger partial charge in [-0.25, -0.2) is 0 Å². The third-order valence-corrected chi connectivity index (χ3v) is 7.39. The number of aliphatic imine (C=N–C) groups is 1. The lowest BCUT2D eigenvalue weighted by Crippen LogP contribution is -2.44. The Kier molecular flexibility index (Phi) is 8.18. The first kappa shape index (κ1) is 21.6. The molecular weight excluding hydrogens is 366 g/mol. The monoisotopic (exact) mass is 405 g/mol. The van der Waals surface area contributed by atoms with E-state index in [2.05, 4.69) is 65.3 Å². The van der Waals surface area contributed by atoms with Gasteiger partial charge in [0.1, 0.15) is 0 Å². The first-order chi connectivity index (χ1) is 13.7. The molecule has 1 aromatic heterocycles. The van der Waals surface area contributed by atoms with Crippen molar-refractivity contribution in [2.24, 2.45) is 10.9 Å². The van der Waals surface area contributed by atoms with E-state index in [4.69, 9.17) is 4.99 Å². The second-order valence-corrected chi connectivity index (χ2v) is 9.13. The van der Waals surface area contributed by atoms with Gasteiger partial charge in [-0.05, 0) is 70.2 Å². The van der Waals surface area contributed by atoms with Gasteiger partial charge in [-0.3, -0.25) is 14.8 Å². The van der Waals surface area contributed by atoms with Crippen molar-refractivity contribution in [1.29, 1.82) is 0 Å². The van der Waals surface area contributed by atoms with Crippen LogP contribution in [0.2, 0.25) is 0 Å². The Morgan fingerprint density at radius 2 is 2.07 bits per heavy atom. The van der Waals surface area contributed by atoms with Crippen molar-refractivity contribution >= 4 is 17.3 Å². The molecule has 2 saturated heterocycles. The number of thiophene rings is 1. The number of rotatable bonds is 7. The molecule has 0 amide bonds. The molecule has 0 saturated carbocycles. The molecule has 0 aromatic carbocycles. The number of hydrogen-bond donors (Lipinski definition) is 1. The summed E-state index contributed by atoms with van der Waals surface area (Å²) in [4.78, 5) is 14.3. The molecule has 1 N–H and O–H groups in total. The zero-order valence-electron chi connectivity index (χ0n) is 18.2. The molecule has 3 heterocycles. The van der Waals surface area contributed by atoms with Crippen molar-refractivity contribution in [3.8, 4) is 0 Å². The number of nitrogens with zero attached hydrogens (tertiary/aromatic N) is 4. The summed E-state index contributed by atoms with van der Waals surface area (Å²) in [6, 6.07) is 5.67. The highest BCUT2D eigenvalue weighted by Crippen LogP contribution is 2.37. The number of nitrogens with one attached hydrogen (secondary N) is 1. The smallest absolute Gasteiger partial charge is 0.193 e. The summed E-state index contributed by atoms with van der Waals surface area (Å²) in [5.41, 5.74) is 0. The Balaban J connectivity index is 1.68. The Morgan fingerprint density at radius 3 is 2.75 bits per heavy atom. The lowest BCUT2D eigenvalue weighted by atomic mass is 9.88. The van der Waals surface area contributed by atoms with Crippen LogP contribution in [0.3, 0.4) is 0 Å². The fourth-order valence-electron chi connectivity index (χ4n) is 4.96. The fraction of sp³-hybridized carbons (Fsp3) is 0.773. The summed E-state index contributed by atoms with van der Waals surface area (Å²) in [5.74, 6) is 1.72. The number of guanidine groups is 1. The molecule has 6 heteroatoms. The maximum atomic E-state index is 5.15. The van der Waals surface area contributed by atoms with E-state index in [0.29, 0.717) is 18.0 Å². The third kappa shape index (κ3) is 5.08. The second kappa shape index (κ2) is 10.6. The number of piperidine rings is 1. The molecule has 1 aromatic rings. The molecule has 2 fully saturated rings. The molecule has 2 aliphatic heterocycles. The van der Waals surface area contributed by atoms with E-state index in [1.807, 2.05) is 11.3 Å². The van der Waals surface area contributed by atoms with Crippen molar-refractivity contribution in [3.63, 3.8) is 0 Å². The molecule has 3 unspecified atom stereocenters. The number of hydrogen-bond acceptors (Lipinski definition) is 4. The van der Waals surface area contributed by atoms with Crippen LogP contribution >= 0.6 is 11.3 Å². The first-order valence-electron chi connectivity index (χ1n) is 11.2.